The molecular formula is C16H18N2O4. The van der Waals surface area contributed by atoms with E-state index in [4.69, 9.17) is 4.74 Å². The first-order valence-electron chi connectivity index (χ1n) is 7.41. The highest BCUT2D eigenvalue weighted by atomic mass is 16.6. The Balaban J connectivity index is 1.89. The van der Waals surface area contributed by atoms with Gasteiger partial charge in [-0.15, -0.1) is 0 Å². The van der Waals surface area contributed by atoms with Crippen molar-refractivity contribution in [3.63, 3.8) is 0 Å². The lowest BCUT2D eigenvalue weighted by molar-refractivity contribution is -0.138. The van der Waals surface area contributed by atoms with Crippen molar-refractivity contribution in [3.8, 4) is 0 Å². The Morgan fingerprint density at radius 3 is 2.64 bits per heavy atom. The fraction of sp³-hybridized carbons (Fsp3) is 0.438. The van der Waals surface area contributed by atoms with Gasteiger partial charge in [0.15, 0.2) is 0 Å². The van der Waals surface area contributed by atoms with Gasteiger partial charge >= 0.3 is 6.09 Å². The van der Waals surface area contributed by atoms with E-state index in [2.05, 4.69) is 5.32 Å². The zero-order chi connectivity index (χ0) is 15.7. The minimum Gasteiger partial charge on any atom is -0.447 e. The summed E-state index contributed by atoms with van der Waals surface area (Å²) in [4.78, 5) is 37.5. The number of cyclic esters (lactones) is 1. The van der Waals surface area contributed by atoms with E-state index >= 15 is 0 Å². The summed E-state index contributed by atoms with van der Waals surface area (Å²) < 4.78 is 4.85. The maximum absolute atomic E-state index is 12.7. The Hall–Kier alpha value is -2.37. The second-order valence-electron chi connectivity index (χ2n) is 5.74. The molecule has 1 aromatic rings. The first-order chi connectivity index (χ1) is 10.6. The molecule has 6 nitrogen and oxygen atoms in total. The van der Waals surface area contributed by atoms with Crippen molar-refractivity contribution in [1.82, 2.24) is 10.2 Å². The van der Waals surface area contributed by atoms with E-state index < -0.39 is 18.1 Å². The fourth-order valence-electron chi connectivity index (χ4n) is 3.03. The van der Waals surface area contributed by atoms with Crippen LogP contribution in [-0.2, 0) is 14.3 Å². The number of carbonyl (C=O) groups excluding carboxylic acids is 3. The second-order valence-corrected chi connectivity index (χ2v) is 5.74. The number of carbonyl (C=O) groups is 3. The molecule has 0 saturated carbocycles. The fourth-order valence-corrected chi connectivity index (χ4v) is 3.03. The van der Waals surface area contributed by atoms with Gasteiger partial charge in [0.05, 0.1) is 18.5 Å². The quantitative estimate of drug-likeness (QED) is 0.898. The maximum Gasteiger partial charge on any atom is 0.416 e. The van der Waals surface area contributed by atoms with Crippen molar-refractivity contribution in [2.24, 2.45) is 11.8 Å². The van der Waals surface area contributed by atoms with Gasteiger partial charge in [-0.2, -0.15) is 0 Å². The molecule has 3 atom stereocenters. The van der Waals surface area contributed by atoms with Crippen LogP contribution in [0.25, 0.3) is 0 Å². The Bertz CT molecular complexity index is 601. The average Bonchev–Trinajstić information content (AvgIpc) is 2.96. The zero-order valence-corrected chi connectivity index (χ0v) is 12.3. The van der Waals surface area contributed by atoms with Crippen LogP contribution in [0.5, 0.6) is 0 Å². The van der Waals surface area contributed by atoms with E-state index in [1.54, 1.807) is 6.92 Å². The van der Waals surface area contributed by atoms with Gasteiger partial charge in [-0.3, -0.25) is 9.59 Å². The lowest BCUT2D eigenvalue weighted by atomic mass is 9.81. The summed E-state index contributed by atoms with van der Waals surface area (Å²) in [5, 5.41) is 2.91. The molecule has 2 saturated heterocycles. The third kappa shape index (κ3) is 2.56. The summed E-state index contributed by atoms with van der Waals surface area (Å²) in [5.41, 5.74) is 0.869. The lowest BCUT2D eigenvalue weighted by Gasteiger charge is -2.35. The van der Waals surface area contributed by atoms with E-state index in [1.807, 2.05) is 30.3 Å². The van der Waals surface area contributed by atoms with Crippen molar-refractivity contribution in [2.45, 2.75) is 19.4 Å². The Morgan fingerprint density at radius 2 is 2.00 bits per heavy atom. The van der Waals surface area contributed by atoms with Crippen LogP contribution in [-0.4, -0.2) is 36.0 Å². The van der Waals surface area contributed by atoms with Crippen molar-refractivity contribution in [3.05, 3.63) is 35.9 Å². The molecule has 0 radical (unpaired) electrons. The number of rotatable bonds is 2. The van der Waals surface area contributed by atoms with Crippen LogP contribution in [0.2, 0.25) is 0 Å². The standard InChI is InChI=1S/C16H18N2O4/c1-10-9-12(15(20)18-7-8-22-16(18)21)13(17-14(10)19)11-5-3-2-4-6-11/h2-6,10,12-13H,7-9H2,1H3,(H,17,19)/t10-,12-,13+/m0/s1. The van der Waals surface area contributed by atoms with Crippen molar-refractivity contribution in [1.29, 1.82) is 0 Å². The summed E-state index contributed by atoms with van der Waals surface area (Å²) in [6.07, 6.45) is -0.171. The number of hydrogen-bond acceptors (Lipinski definition) is 4. The van der Waals surface area contributed by atoms with Gasteiger partial charge in [0, 0.05) is 5.92 Å². The molecule has 2 aliphatic heterocycles. The summed E-state index contributed by atoms with van der Waals surface area (Å²) in [7, 11) is 0. The number of imide groups is 1. The minimum atomic E-state index is -0.596. The molecule has 3 rings (SSSR count). The van der Waals surface area contributed by atoms with Gasteiger partial charge in [-0.25, -0.2) is 9.69 Å². The number of amides is 3. The van der Waals surface area contributed by atoms with E-state index in [0.29, 0.717) is 6.42 Å². The molecule has 1 aromatic carbocycles. The average molecular weight is 302 g/mol. The number of ether oxygens (including phenoxy) is 1. The largest absolute Gasteiger partial charge is 0.447 e. The van der Waals surface area contributed by atoms with Crippen LogP contribution in [0.3, 0.4) is 0 Å². The molecule has 6 heteroatoms. The van der Waals surface area contributed by atoms with Gasteiger partial charge in [-0.05, 0) is 12.0 Å². The first kappa shape index (κ1) is 14.6. The molecular weight excluding hydrogens is 284 g/mol. The topological polar surface area (TPSA) is 75.7 Å². The number of piperidine rings is 1. The molecule has 1 N–H and O–H groups in total. The van der Waals surface area contributed by atoms with E-state index in [9.17, 15) is 14.4 Å². The molecule has 2 aliphatic rings. The monoisotopic (exact) mass is 302 g/mol. The smallest absolute Gasteiger partial charge is 0.416 e. The summed E-state index contributed by atoms with van der Waals surface area (Å²) in [6, 6.07) is 8.96. The van der Waals surface area contributed by atoms with E-state index in [-0.39, 0.29) is 30.9 Å². The van der Waals surface area contributed by atoms with Crippen LogP contribution < -0.4 is 5.32 Å². The first-order valence-corrected chi connectivity index (χ1v) is 7.41. The van der Waals surface area contributed by atoms with Crippen LogP contribution in [0.4, 0.5) is 4.79 Å². The molecule has 0 unspecified atom stereocenters. The van der Waals surface area contributed by atoms with Crippen molar-refractivity contribution < 1.29 is 19.1 Å². The SMILES string of the molecule is C[C@H]1C[C@H](C(=O)N2CCOC2=O)[C@@H](c2ccccc2)NC1=O. The zero-order valence-electron chi connectivity index (χ0n) is 12.3. The highest BCUT2D eigenvalue weighted by Crippen LogP contribution is 2.34. The third-order valence-corrected chi connectivity index (χ3v) is 4.26. The molecule has 0 aromatic heterocycles. The molecule has 0 spiro atoms. The van der Waals surface area contributed by atoms with Gasteiger partial charge in [-0.1, -0.05) is 37.3 Å². The van der Waals surface area contributed by atoms with Gasteiger partial charge in [0.1, 0.15) is 6.61 Å². The lowest BCUT2D eigenvalue weighted by Crippen LogP contribution is -2.50. The Kier molecular flexibility index (Phi) is 3.83. The predicted molar refractivity (Wildman–Crippen MR) is 77.7 cm³/mol. The second kappa shape index (κ2) is 5.79. The summed E-state index contributed by atoms with van der Waals surface area (Å²) in [6.45, 7) is 2.30. The van der Waals surface area contributed by atoms with Crippen LogP contribution in [0, 0.1) is 11.8 Å². The molecule has 3 amide bonds. The number of nitrogens with one attached hydrogen (secondary N) is 1. The summed E-state index contributed by atoms with van der Waals surface area (Å²) >= 11 is 0. The molecule has 22 heavy (non-hydrogen) atoms. The highest BCUT2D eigenvalue weighted by molar-refractivity contribution is 5.96. The Labute approximate surface area is 128 Å². The normalized spacial score (nSPS) is 28.2. The van der Waals surface area contributed by atoms with Gasteiger partial charge < -0.3 is 10.1 Å². The van der Waals surface area contributed by atoms with Crippen molar-refractivity contribution in [2.75, 3.05) is 13.2 Å². The minimum absolute atomic E-state index is 0.0677. The van der Waals surface area contributed by atoms with Gasteiger partial charge in [0.2, 0.25) is 11.8 Å². The predicted octanol–water partition coefficient (Wildman–Crippen LogP) is 1.48. The number of nitrogens with zero attached hydrogens (tertiary/aromatic N) is 1. The number of hydrogen-bond donors (Lipinski definition) is 1. The van der Waals surface area contributed by atoms with Crippen LogP contribution in [0.15, 0.2) is 30.3 Å². The van der Waals surface area contributed by atoms with E-state index in [0.717, 1.165) is 10.5 Å². The van der Waals surface area contributed by atoms with Crippen LogP contribution in [0.1, 0.15) is 24.9 Å². The summed E-state index contributed by atoms with van der Waals surface area (Å²) in [5.74, 6) is -1.06. The van der Waals surface area contributed by atoms with Crippen molar-refractivity contribution >= 4 is 17.9 Å². The molecule has 0 bridgehead atoms. The van der Waals surface area contributed by atoms with Crippen LogP contribution >= 0.6 is 0 Å². The Morgan fingerprint density at radius 1 is 1.27 bits per heavy atom. The highest BCUT2D eigenvalue weighted by Gasteiger charge is 2.43. The molecule has 2 fully saturated rings. The molecule has 116 valence electrons. The van der Waals surface area contributed by atoms with Gasteiger partial charge in [0.25, 0.3) is 0 Å². The number of benzene rings is 1. The molecule has 2 heterocycles. The third-order valence-electron chi connectivity index (χ3n) is 4.26. The van der Waals surface area contributed by atoms with E-state index in [1.165, 1.54) is 0 Å². The maximum atomic E-state index is 12.7. The molecule has 0 aliphatic carbocycles.